The third-order valence-electron chi connectivity index (χ3n) is 5.79. The number of carbonyl (C=O) groups is 1. The summed E-state index contributed by atoms with van der Waals surface area (Å²) in [4.78, 5) is 16.8. The highest BCUT2D eigenvalue weighted by molar-refractivity contribution is 5.78. The Hall–Kier alpha value is -0.610. The summed E-state index contributed by atoms with van der Waals surface area (Å²) in [6.07, 6.45) is 5.60. The summed E-state index contributed by atoms with van der Waals surface area (Å²) in [6.45, 7) is 7.00. The average molecular weight is 279 g/mol. The van der Waals surface area contributed by atoms with Gasteiger partial charge in [0.05, 0.1) is 6.54 Å². The minimum Gasteiger partial charge on any atom is -0.352 e. The predicted octanol–water partition coefficient (Wildman–Crippen LogP) is 1.17. The Morgan fingerprint density at radius 2 is 1.95 bits per heavy atom. The van der Waals surface area contributed by atoms with E-state index >= 15 is 0 Å². The van der Waals surface area contributed by atoms with Crippen LogP contribution in [-0.4, -0.2) is 61.5 Å². The van der Waals surface area contributed by atoms with E-state index in [0.717, 1.165) is 43.9 Å². The monoisotopic (exact) mass is 279 g/mol. The van der Waals surface area contributed by atoms with Crippen LogP contribution < -0.4 is 5.32 Å². The fourth-order valence-corrected chi connectivity index (χ4v) is 4.52. The Morgan fingerprint density at radius 3 is 2.55 bits per heavy atom. The number of carbonyl (C=O) groups excluding carboxylic acids is 1. The van der Waals surface area contributed by atoms with Crippen molar-refractivity contribution < 1.29 is 4.79 Å². The first-order chi connectivity index (χ1) is 9.61. The Bertz CT molecular complexity index is 352. The normalized spacial score (nSPS) is 36.2. The standard InChI is InChI=1S/C16H29N3O/c1-12(15-10-13-3-4-14(15)9-13)17-16(20)11-19-7-5-18(2)6-8-19/h12-15H,3-11H2,1-2H3,(H,17,20)/t12-,13+,14+,15+/m0/s1. The van der Waals surface area contributed by atoms with Crippen molar-refractivity contribution in [3.8, 4) is 0 Å². The molecule has 4 heteroatoms. The first-order valence-electron chi connectivity index (χ1n) is 8.32. The lowest BCUT2D eigenvalue weighted by atomic mass is 9.84. The molecular weight excluding hydrogens is 250 g/mol. The van der Waals surface area contributed by atoms with Gasteiger partial charge in [-0.2, -0.15) is 0 Å². The number of fused-ring (bicyclic) bond motifs is 2. The van der Waals surface area contributed by atoms with E-state index in [1.165, 1.54) is 25.7 Å². The molecule has 0 spiro atoms. The molecule has 2 aliphatic carbocycles. The van der Waals surface area contributed by atoms with E-state index in [0.29, 0.717) is 12.6 Å². The topological polar surface area (TPSA) is 35.6 Å². The molecule has 0 aromatic heterocycles. The predicted molar refractivity (Wildman–Crippen MR) is 80.5 cm³/mol. The molecule has 0 radical (unpaired) electrons. The van der Waals surface area contributed by atoms with Gasteiger partial charge in [0.1, 0.15) is 0 Å². The van der Waals surface area contributed by atoms with Crippen LogP contribution in [0.15, 0.2) is 0 Å². The van der Waals surface area contributed by atoms with Gasteiger partial charge in [0.25, 0.3) is 0 Å². The largest absolute Gasteiger partial charge is 0.352 e. The molecule has 3 aliphatic rings. The lowest BCUT2D eigenvalue weighted by Gasteiger charge is -2.33. The fraction of sp³-hybridized carbons (Fsp3) is 0.938. The second-order valence-corrected chi connectivity index (χ2v) is 7.27. The van der Waals surface area contributed by atoms with Crippen LogP contribution in [0, 0.1) is 17.8 Å². The van der Waals surface area contributed by atoms with Gasteiger partial charge in [0.15, 0.2) is 0 Å². The summed E-state index contributed by atoms with van der Waals surface area (Å²) in [5.41, 5.74) is 0. The van der Waals surface area contributed by atoms with Crippen molar-refractivity contribution in [3.05, 3.63) is 0 Å². The summed E-state index contributed by atoms with van der Waals surface area (Å²) in [6, 6.07) is 0.366. The van der Waals surface area contributed by atoms with Crippen LogP contribution in [0.5, 0.6) is 0 Å². The van der Waals surface area contributed by atoms with Crippen molar-refractivity contribution in [3.63, 3.8) is 0 Å². The zero-order chi connectivity index (χ0) is 14.1. The van der Waals surface area contributed by atoms with Gasteiger partial charge in [0.2, 0.25) is 5.91 Å². The molecule has 2 saturated carbocycles. The maximum Gasteiger partial charge on any atom is 0.234 e. The van der Waals surface area contributed by atoms with E-state index in [2.05, 4.69) is 29.1 Å². The molecule has 0 aromatic carbocycles. The first-order valence-corrected chi connectivity index (χ1v) is 8.32. The molecular formula is C16H29N3O. The van der Waals surface area contributed by atoms with E-state index in [1.54, 1.807) is 0 Å². The smallest absolute Gasteiger partial charge is 0.234 e. The van der Waals surface area contributed by atoms with Crippen molar-refractivity contribution >= 4 is 5.91 Å². The van der Waals surface area contributed by atoms with Gasteiger partial charge in [-0.25, -0.2) is 0 Å². The number of hydrogen-bond acceptors (Lipinski definition) is 3. The molecule has 1 amide bonds. The molecule has 4 nitrogen and oxygen atoms in total. The maximum absolute atomic E-state index is 12.2. The molecule has 0 unspecified atom stereocenters. The Balaban J connectivity index is 1.42. The van der Waals surface area contributed by atoms with Gasteiger partial charge < -0.3 is 10.2 Å². The highest BCUT2D eigenvalue weighted by Crippen LogP contribution is 2.49. The fourth-order valence-electron chi connectivity index (χ4n) is 4.52. The van der Waals surface area contributed by atoms with Crippen molar-refractivity contribution in [2.24, 2.45) is 17.8 Å². The van der Waals surface area contributed by atoms with Crippen LogP contribution in [0.25, 0.3) is 0 Å². The average Bonchev–Trinajstić information content (AvgIpc) is 3.03. The summed E-state index contributed by atoms with van der Waals surface area (Å²) >= 11 is 0. The molecule has 2 bridgehead atoms. The molecule has 20 heavy (non-hydrogen) atoms. The summed E-state index contributed by atoms with van der Waals surface area (Å²) < 4.78 is 0. The van der Waals surface area contributed by atoms with E-state index in [4.69, 9.17) is 0 Å². The molecule has 1 N–H and O–H groups in total. The molecule has 1 saturated heterocycles. The third-order valence-corrected chi connectivity index (χ3v) is 5.79. The zero-order valence-corrected chi connectivity index (χ0v) is 13.0. The molecule has 114 valence electrons. The third kappa shape index (κ3) is 3.17. The van der Waals surface area contributed by atoms with Gasteiger partial charge >= 0.3 is 0 Å². The molecule has 1 heterocycles. The quantitative estimate of drug-likeness (QED) is 0.839. The van der Waals surface area contributed by atoms with Gasteiger partial charge in [0, 0.05) is 32.2 Å². The van der Waals surface area contributed by atoms with E-state index in [9.17, 15) is 4.79 Å². The molecule has 3 fully saturated rings. The van der Waals surface area contributed by atoms with Crippen molar-refractivity contribution in [2.45, 2.75) is 38.6 Å². The van der Waals surface area contributed by atoms with Gasteiger partial charge in [-0.05, 0) is 51.0 Å². The van der Waals surface area contributed by atoms with Crippen molar-refractivity contribution in [1.29, 1.82) is 0 Å². The molecule has 3 rings (SSSR count). The Labute approximate surface area is 122 Å². The van der Waals surface area contributed by atoms with E-state index in [-0.39, 0.29) is 5.91 Å². The lowest BCUT2D eigenvalue weighted by molar-refractivity contribution is -0.123. The molecule has 0 aromatic rings. The summed E-state index contributed by atoms with van der Waals surface area (Å²) in [7, 11) is 2.15. The zero-order valence-electron chi connectivity index (χ0n) is 13.0. The second-order valence-electron chi connectivity index (χ2n) is 7.27. The van der Waals surface area contributed by atoms with Crippen LogP contribution >= 0.6 is 0 Å². The minimum atomic E-state index is 0.227. The van der Waals surface area contributed by atoms with Gasteiger partial charge in [-0.1, -0.05) is 6.42 Å². The highest BCUT2D eigenvalue weighted by Gasteiger charge is 2.42. The minimum absolute atomic E-state index is 0.227. The van der Waals surface area contributed by atoms with Gasteiger partial charge in [-0.3, -0.25) is 9.69 Å². The van der Waals surface area contributed by atoms with Crippen molar-refractivity contribution in [2.75, 3.05) is 39.8 Å². The Kier molecular flexibility index (Phi) is 4.32. The van der Waals surface area contributed by atoms with Crippen LogP contribution in [0.1, 0.15) is 32.6 Å². The van der Waals surface area contributed by atoms with Crippen molar-refractivity contribution in [1.82, 2.24) is 15.1 Å². The number of rotatable bonds is 4. The maximum atomic E-state index is 12.2. The van der Waals surface area contributed by atoms with Crippen LogP contribution in [0.2, 0.25) is 0 Å². The summed E-state index contributed by atoms with van der Waals surface area (Å²) in [5, 5.41) is 3.27. The molecule has 1 aliphatic heterocycles. The second kappa shape index (κ2) is 6.02. The van der Waals surface area contributed by atoms with E-state index < -0.39 is 0 Å². The Morgan fingerprint density at radius 1 is 1.20 bits per heavy atom. The highest BCUT2D eigenvalue weighted by atomic mass is 16.2. The number of nitrogens with zero attached hydrogens (tertiary/aromatic N) is 2. The first kappa shape index (κ1) is 14.3. The number of nitrogens with one attached hydrogen (secondary N) is 1. The van der Waals surface area contributed by atoms with Crippen LogP contribution in [0.4, 0.5) is 0 Å². The SMILES string of the molecule is C[C@H](NC(=O)CN1CCN(C)CC1)[C@H]1C[C@@H]2CC[C@@H]1C2. The number of amides is 1. The number of hydrogen-bond donors (Lipinski definition) is 1. The summed E-state index contributed by atoms with van der Waals surface area (Å²) in [5.74, 6) is 2.82. The number of piperazine rings is 1. The van der Waals surface area contributed by atoms with Crippen LogP contribution in [-0.2, 0) is 4.79 Å². The number of likely N-dealkylation sites (N-methyl/N-ethyl adjacent to an activating group) is 1. The molecule has 4 atom stereocenters. The van der Waals surface area contributed by atoms with Crippen LogP contribution in [0.3, 0.4) is 0 Å². The lowest BCUT2D eigenvalue weighted by Crippen LogP contribution is -2.50. The van der Waals surface area contributed by atoms with Gasteiger partial charge in [-0.15, -0.1) is 0 Å². The van der Waals surface area contributed by atoms with E-state index in [1.807, 2.05) is 0 Å².